The molecule has 1 heterocycles. The molecule has 3 N–H and O–H groups in total. The number of hydrogen-bond acceptors (Lipinski definition) is 2. The zero-order valence-electron chi connectivity index (χ0n) is 9.41. The van der Waals surface area contributed by atoms with Gasteiger partial charge in [0.2, 0.25) is 0 Å². The van der Waals surface area contributed by atoms with Gasteiger partial charge in [0.05, 0.1) is 16.3 Å². The smallest absolute Gasteiger partial charge is 0.335 e. The fourth-order valence-corrected chi connectivity index (χ4v) is 1.95. The van der Waals surface area contributed by atoms with Crippen LogP contribution < -0.4 is 5.32 Å². The Morgan fingerprint density at radius 1 is 1.32 bits per heavy atom. The van der Waals surface area contributed by atoms with Crippen molar-refractivity contribution in [3.8, 4) is 0 Å². The molecule has 2 rings (SSSR count). The lowest BCUT2D eigenvalue weighted by molar-refractivity contribution is 0.0696. The van der Waals surface area contributed by atoms with Gasteiger partial charge in [-0.1, -0.05) is 11.6 Å². The second kappa shape index (κ2) is 5.46. The molecule has 0 fully saturated rings. The lowest BCUT2D eigenvalue weighted by atomic mass is 10.2. The van der Waals surface area contributed by atoms with E-state index in [2.05, 4.69) is 26.2 Å². The second-order valence-corrected chi connectivity index (χ2v) is 5.01. The molecule has 0 aliphatic carbocycles. The van der Waals surface area contributed by atoms with Crippen LogP contribution in [0.5, 0.6) is 0 Å². The predicted molar refractivity (Wildman–Crippen MR) is 74.9 cm³/mol. The molecule has 0 saturated carbocycles. The molecule has 0 unspecified atom stereocenters. The van der Waals surface area contributed by atoms with Gasteiger partial charge in [0.25, 0.3) is 5.91 Å². The average molecular weight is 344 g/mol. The number of benzene rings is 1. The molecule has 0 aliphatic heterocycles. The fourth-order valence-electron chi connectivity index (χ4n) is 1.44. The summed E-state index contributed by atoms with van der Waals surface area (Å²) in [7, 11) is 0. The third kappa shape index (κ3) is 3.15. The van der Waals surface area contributed by atoms with Crippen LogP contribution in [-0.4, -0.2) is 22.0 Å². The number of carboxylic acid groups (broad SMARTS) is 1. The lowest BCUT2D eigenvalue weighted by Gasteiger charge is -2.07. The van der Waals surface area contributed by atoms with Crippen LogP contribution in [0.3, 0.4) is 0 Å². The van der Waals surface area contributed by atoms with Crippen LogP contribution >= 0.6 is 27.5 Å². The van der Waals surface area contributed by atoms with Gasteiger partial charge in [-0.25, -0.2) is 4.79 Å². The van der Waals surface area contributed by atoms with Crippen molar-refractivity contribution in [2.75, 3.05) is 5.32 Å². The number of aromatic amines is 1. The van der Waals surface area contributed by atoms with E-state index in [1.54, 1.807) is 12.3 Å². The van der Waals surface area contributed by atoms with Crippen LogP contribution in [0.4, 0.5) is 5.69 Å². The summed E-state index contributed by atoms with van der Waals surface area (Å²) in [4.78, 5) is 25.5. The Bertz CT molecular complexity index is 654. The van der Waals surface area contributed by atoms with Gasteiger partial charge in [0.15, 0.2) is 0 Å². The monoisotopic (exact) mass is 342 g/mol. The summed E-state index contributed by atoms with van der Waals surface area (Å²) in [6.07, 6.45) is 1.62. The third-order valence-corrected chi connectivity index (χ3v) is 3.14. The van der Waals surface area contributed by atoms with Crippen molar-refractivity contribution < 1.29 is 14.7 Å². The highest BCUT2D eigenvalue weighted by molar-refractivity contribution is 9.10. The molecule has 7 heteroatoms. The highest BCUT2D eigenvalue weighted by atomic mass is 79.9. The predicted octanol–water partition coefficient (Wildman–Crippen LogP) is 3.38. The maximum absolute atomic E-state index is 11.9. The SMILES string of the molecule is O=C(O)c1ccc(Cl)c(NC(=O)c2cc(Br)c[nH]2)c1. The maximum atomic E-state index is 11.9. The molecule has 0 spiro atoms. The molecule has 0 bridgehead atoms. The van der Waals surface area contributed by atoms with Crippen molar-refractivity contribution in [1.82, 2.24) is 4.98 Å². The van der Waals surface area contributed by atoms with Gasteiger partial charge in [0.1, 0.15) is 5.69 Å². The number of carboxylic acids is 1. The molecular formula is C12H8BrClN2O3. The molecule has 0 aliphatic rings. The summed E-state index contributed by atoms with van der Waals surface area (Å²) in [5.41, 5.74) is 0.633. The zero-order valence-corrected chi connectivity index (χ0v) is 11.7. The molecule has 1 amide bonds. The zero-order chi connectivity index (χ0) is 14.0. The minimum atomic E-state index is -1.09. The van der Waals surface area contributed by atoms with E-state index in [4.69, 9.17) is 16.7 Å². The van der Waals surface area contributed by atoms with Crippen LogP contribution in [0, 0.1) is 0 Å². The van der Waals surface area contributed by atoms with Crippen LogP contribution in [0.25, 0.3) is 0 Å². The lowest BCUT2D eigenvalue weighted by Crippen LogP contribution is -2.13. The molecule has 5 nitrogen and oxygen atoms in total. The number of rotatable bonds is 3. The molecule has 19 heavy (non-hydrogen) atoms. The van der Waals surface area contributed by atoms with Crippen LogP contribution in [-0.2, 0) is 0 Å². The largest absolute Gasteiger partial charge is 0.478 e. The van der Waals surface area contributed by atoms with Gasteiger partial charge in [-0.3, -0.25) is 4.79 Å². The Hall–Kier alpha value is -1.79. The minimum absolute atomic E-state index is 0.0485. The number of anilines is 1. The average Bonchev–Trinajstić information content (AvgIpc) is 2.78. The van der Waals surface area contributed by atoms with Gasteiger partial charge in [-0.15, -0.1) is 0 Å². The summed E-state index contributed by atoms with van der Waals surface area (Å²) in [5.74, 6) is -1.50. The molecule has 0 atom stereocenters. The van der Waals surface area contributed by atoms with Crippen molar-refractivity contribution >= 4 is 45.1 Å². The van der Waals surface area contributed by atoms with Crippen molar-refractivity contribution in [3.05, 3.63) is 51.2 Å². The highest BCUT2D eigenvalue weighted by Crippen LogP contribution is 2.24. The number of hydrogen-bond donors (Lipinski definition) is 3. The van der Waals surface area contributed by atoms with Crippen molar-refractivity contribution in [1.29, 1.82) is 0 Å². The van der Waals surface area contributed by atoms with E-state index in [9.17, 15) is 9.59 Å². The number of aromatic nitrogens is 1. The first-order chi connectivity index (χ1) is 8.97. The van der Waals surface area contributed by atoms with E-state index in [1.165, 1.54) is 18.2 Å². The standard InChI is InChI=1S/C12H8BrClN2O3/c13-7-4-10(15-5-7)11(17)16-9-3-6(12(18)19)1-2-8(9)14/h1-5,15H,(H,16,17)(H,18,19). The number of aromatic carboxylic acids is 1. The number of halogens is 2. The Morgan fingerprint density at radius 3 is 2.63 bits per heavy atom. The molecule has 1 aromatic heterocycles. The van der Waals surface area contributed by atoms with Gasteiger partial charge < -0.3 is 15.4 Å². The van der Waals surface area contributed by atoms with Crippen molar-refractivity contribution in [2.24, 2.45) is 0 Å². The number of nitrogens with one attached hydrogen (secondary N) is 2. The molecule has 98 valence electrons. The first-order valence-corrected chi connectivity index (χ1v) is 6.32. The maximum Gasteiger partial charge on any atom is 0.335 e. The van der Waals surface area contributed by atoms with E-state index < -0.39 is 11.9 Å². The van der Waals surface area contributed by atoms with Gasteiger partial charge in [-0.05, 0) is 40.2 Å². The first-order valence-electron chi connectivity index (χ1n) is 5.15. The summed E-state index contributed by atoms with van der Waals surface area (Å²) >= 11 is 9.13. The number of H-pyrrole nitrogens is 1. The summed E-state index contributed by atoms with van der Waals surface area (Å²) in [5, 5.41) is 11.7. The van der Waals surface area contributed by atoms with E-state index in [0.29, 0.717) is 5.69 Å². The van der Waals surface area contributed by atoms with E-state index >= 15 is 0 Å². The Balaban J connectivity index is 2.25. The molecule has 0 saturated heterocycles. The summed E-state index contributed by atoms with van der Waals surface area (Å²) < 4.78 is 0.739. The third-order valence-electron chi connectivity index (χ3n) is 2.35. The van der Waals surface area contributed by atoms with E-state index in [0.717, 1.165) is 4.47 Å². The van der Waals surface area contributed by atoms with Crippen LogP contribution in [0.1, 0.15) is 20.8 Å². The number of carbonyl (C=O) groups excluding carboxylic acids is 1. The number of carbonyl (C=O) groups is 2. The van der Waals surface area contributed by atoms with Crippen molar-refractivity contribution in [2.45, 2.75) is 0 Å². The van der Waals surface area contributed by atoms with Crippen molar-refractivity contribution in [3.63, 3.8) is 0 Å². The Morgan fingerprint density at radius 2 is 2.05 bits per heavy atom. The number of amides is 1. The molecule has 1 aromatic carbocycles. The van der Waals surface area contributed by atoms with E-state index in [1.807, 2.05) is 0 Å². The fraction of sp³-hybridized carbons (Fsp3) is 0. The second-order valence-electron chi connectivity index (χ2n) is 3.69. The van der Waals surface area contributed by atoms with Crippen LogP contribution in [0.15, 0.2) is 34.9 Å². The summed E-state index contributed by atoms with van der Waals surface area (Å²) in [6.45, 7) is 0. The van der Waals surface area contributed by atoms with Gasteiger partial charge >= 0.3 is 5.97 Å². The summed E-state index contributed by atoms with van der Waals surface area (Å²) in [6, 6.07) is 5.70. The molecule has 0 radical (unpaired) electrons. The Labute approximate surface area is 121 Å². The molecular weight excluding hydrogens is 336 g/mol. The minimum Gasteiger partial charge on any atom is -0.478 e. The Kier molecular flexibility index (Phi) is 3.92. The normalized spacial score (nSPS) is 10.2. The van der Waals surface area contributed by atoms with E-state index in [-0.39, 0.29) is 16.3 Å². The van der Waals surface area contributed by atoms with Gasteiger partial charge in [-0.2, -0.15) is 0 Å². The van der Waals surface area contributed by atoms with Gasteiger partial charge in [0, 0.05) is 10.7 Å². The topological polar surface area (TPSA) is 82.2 Å². The first kappa shape index (κ1) is 13.6. The quantitative estimate of drug-likeness (QED) is 0.799. The molecule has 2 aromatic rings. The highest BCUT2D eigenvalue weighted by Gasteiger charge is 2.12. The van der Waals surface area contributed by atoms with Crippen LogP contribution in [0.2, 0.25) is 5.02 Å².